The summed E-state index contributed by atoms with van der Waals surface area (Å²) in [7, 11) is 0. The van der Waals surface area contributed by atoms with Gasteiger partial charge in [0.15, 0.2) is 0 Å². The highest BCUT2D eigenvalue weighted by Crippen LogP contribution is 2.32. The fraction of sp³-hybridized carbons (Fsp3) is 0. The summed E-state index contributed by atoms with van der Waals surface area (Å²) >= 11 is 0. The number of hydrogen-bond donors (Lipinski definition) is 2. The topological polar surface area (TPSA) is 74.6 Å². The monoisotopic (exact) mass is 284 g/mol. The van der Waals surface area contributed by atoms with E-state index in [1.807, 2.05) is 0 Å². The minimum atomic E-state index is -1.49. The molecule has 0 aromatic heterocycles. The lowest BCUT2D eigenvalue weighted by atomic mass is 9.93. The quantitative estimate of drug-likeness (QED) is 0.706. The van der Waals surface area contributed by atoms with Crippen LogP contribution < -0.4 is 0 Å². The molecule has 3 aromatic rings. The molecule has 0 saturated carbocycles. The van der Waals surface area contributed by atoms with Gasteiger partial charge >= 0.3 is 11.9 Å². The van der Waals surface area contributed by atoms with Gasteiger partial charge in [0.25, 0.3) is 0 Å². The molecule has 0 unspecified atom stereocenters. The van der Waals surface area contributed by atoms with Gasteiger partial charge in [-0.3, -0.25) is 0 Å². The summed E-state index contributed by atoms with van der Waals surface area (Å²) in [6.07, 6.45) is 0. The molecule has 2 N–H and O–H groups in total. The van der Waals surface area contributed by atoms with Gasteiger partial charge in [0, 0.05) is 5.39 Å². The largest absolute Gasteiger partial charge is 0.478 e. The maximum atomic E-state index is 13.8. The molecule has 0 aliphatic carbocycles. The Bertz CT molecular complexity index is 915. The Morgan fingerprint density at radius 3 is 2.19 bits per heavy atom. The van der Waals surface area contributed by atoms with Crippen LogP contribution in [0.4, 0.5) is 4.39 Å². The highest BCUT2D eigenvalue weighted by Gasteiger charge is 2.22. The minimum absolute atomic E-state index is 0.0892. The van der Waals surface area contributed by atoms with Gasteiger partial charge in [-0.15, -0.1) is 0 Å². The minimum Gasteiger partial charge on any atom is -0.478 e. The molecule has 0 heterocycles. The van der Waals surface area contributed by atoms with E-state index in [0.29, 0.717) is 16.2 Å². The summed E-state index contributed by atoms with van der Waals surface area (Å²) in [6.45, 7) is 0. The van der Waals surface area contributed by atoms with Gasteiger partial charge in [-0.1, -0.05) is 30.3 Å². The molecule has 21 heavy (non-hydrogen) atoms. The molecular weight excluding hydrogens is 275 g/mol. The van der Waals surface area contributed by atoms with E-state index >= 15 is 0 Å². The fourth-order valence-corrected chi connectivity index (χ4v) is 2.57. The van der Waals surface area contributed by atoms with Crippen LogP contribution in [0, 0.1) is 5.82 Å². The molecule has 104 valence electrons. The zero-order valence-corrected chi connectivity index (χ0v) is 10.6. The predicted molar refractivity (Wildman–Crippen MR) is 75.3 cm³/mol. The third-order valence-corrected chi connectivity index (χ3v) is 3.41. The Morgan fingerprint density at radius 1 is 0.857 bits per heavy atom. The molecular formula is C16H9FO4. The first-order chi connectivity index (χ1) is 10.0. The van der Waals surface area contributed by atoms with Gasteiger partial charge in [-0.2, -0.15) is 0 Å². The van der Waals surface area contributed by atoms with E-state index in [4.69, 9.17) is 0 Å². The van der Waals surface area contributed by atoms with Crippen LogP contribution in [0.15, 0.2) is 42.5 Å². The van der Waals surface area contributed by atoms with Crippen LogP contribution in [-0.4, -0.2) is 22.2 Å². The SMILES string of the molecule is O=C(O)c1c(F)ccc2cc3ccccc3c(C(=O)O)c12. The average molecular weight is 284 g/mol. The van der Waals surface area contributed by atoms with Crippen LogP contribution in [-0.2, 0) is 0 Å². The van der Waals surface area contributed by atoms with E-state index in [1.165, 1.54) is 6.07 Å². The first kappa shape index (κ1) is 13.1. The lowest BCUT2D eigenvalue weighted by molar-refractivity contribution is 0.0692. The third-order valence-electron chi connectivity index (χ3n) is 3.41. The smallest absolute Gasteiger partial charge is 0.339 e. The van der Waals surface area contributed by atoms with Crippen molar-refractivity contribution < 1.29 is 24.2 Å². The molecule has 0 aliphatic heterocycles. The highest BCUT2D eigenvalue weighted by molar-refractivity contribution is 6.20. The number of rotatable bonds is 2. The Morgan fingerprint density at radius 2 is 1.52 bits per heavy atom. The Balaban J connectivity index is 2.66. The van der Waals surface area contributed by atoms with Crippen LogP contribution in [0.25, 0.3) is 21.5 Å². The third kappa shape index (κ3) is 1.90. The van der Waals surface area contributed by atoms with Crippen LogP contribution in [0.3, 0.4) is 0 Å². The number of benzene rings is 3. The second kappa shape index (κ2) is 4.56. The van der Waals surface area contributed by atoms with Crippen LogP contribution in [0.1, 0.15) is 20.7 Å². The first-order valence-corrected chi connectivity index (χ1v) is 6.11. The van der Waals surface area contributed by atoms with Crippen LogP contribution in [0.2, 0.25) is 0 Å². The van der Waals surface area contributed by atoms with Gasteiger partial charge in [-0.05, 0) is 28.3 Å². The fourth-order valence-electron chi connectivity index (χ4n) is 2.57. The van der Waals surface area contributed by atoms with Gasteiger partial charge in [0.1, 0.15) is 11.4 Å². The van der Waals surface area contributed by atoms with Crippen molar-refractivity contribution in [3.8, 4) is 0 Å². The number of carboxylic acid groups (broad SMARTS) is 2. The summed E-state index contributed by atoms with van der Waals surface area (Å²) < 4.78 is 13.8. The van der Waals surface area contributed by atoms with E-state index in [0.717, 1.165) is 6.07 Å². The highest BCUT2D eigenvalue weighted by atomic mass is 19.1. The predicted octanol–water partition coefficient (Wildman–Crippen LogP) is 3.53. The summed E-state index contributed by atoms with van der Waals surface area (Å²) in [5.74, 6) is -3.73. The summed E-state index contributed by atoms with van der Waals surface area (Å²) in [6, 6.07) is 10.8. The van der Waals surface area contributed by atoms with E-state index in [2.05, 4.69) is 0 Å². The number of aromatic carboxylic acids is 2. The standard InChI is InChI=1S/C16H9FO4/c17-11-6-5-9-7-8-3-1-2-4-10(8)13(15(18)19)12(9)14(11)16(20)21/h1-7H,(H,18,19)(H,20,21). The molecule has 0 fully saturated rings. The van der Waals surface area contributed by atoms with Crippen molar-refractivity contribution >= 4 is 33.5 Å². The Kier molecular flexibility index (Phi) is 2.83. The number of hydrogen-bond acceptors (Lipinski definition) is 2. The van der Waals surface area contributed by atoms with E-state index in [1.54, 1.807) is 30.3 Å². The molecule has 4 nitrogen and oxygen atoms in total. The summed E-state index contributed by atoms with van der Waals surface area (Å²) in [5.41, 5.74) is -0.810. The van der Waals surface area contributed by atoms with Crippen molar-refractivity contribution in [1.82, 2.24) is 0 Å². The van der Waals surface area contributed by atoms with Gasteiger partial charge in [-0.25, -0.2) is 14.0 Å². The molecule has 5 heteroatoms. The molecule has 0 amide bonds. The summed E-state index contributed by atoms with van der Waals surface area (Å²) in [4.78, 5) is 22.9. The van der Waals surface area contributed by atoms with Crippen molar-refractivity contribution in [2.45, 2.75) is 0 Å². The Hall–Kier alpha value is -2.95. The van der Waals surface area contributed by atoms with Crippen molar-refractivity contribution in [3.63, 3.8) is 0 Å². The second-order valence-corrected chi connectivity index (χ2v) is 4.60. The van der Waals surface area contributed by atoms with E-state index in [-0.39, 0.29) is 10.9 Å². The van der Waals surface area contributed by atoms with E-state index in [9.17, 15) is 24.2 Å². The molecule has 0 bridgehead atoms. The van der Waals surface area contributed by atoms with Crippen LogP contribution in [0.5, 0.6) is 0 Å². The van der Waals surface area contributed by atoms with Crippen molar-refractivity contribution in [1.29, 1.82) is 0 Å². The van der Waals surface area contributed by atoms with Crippen molar-refractivity contribution in [2.24, 2.45) is 0 Å². The molecule has 0 radical (unpaired) electrons. The van der Waals surface area contributed by atoms with Crippen molar-refractivity contribution in [3.05, 3.63) is 59.4 Å². The zero-order valence-electron chi connectivity index (χ0n) is 10.6. The van der Waals surface area contributed by atoms with Crippen molar-refractivity contribution in [2.75, 3.05) is 0 Å². The van der Waals surface area contributed by atoms with E-state index < -0.39 is 23.3 Å². The van der Waals surface area contributed by atoms with Gasteiger partial charge < -0.3 is 10.2 Å². The second-order valence-electron chi connectivity index (χ2n) is 4.60. The van der Waals surface area contributed by atoms with Gasteiger partial charge in [0.2, 0.25) is 0 Å². The van der Waals surface area contributed by atoms with Gasteiger partial charge in [0.05, 0.1) is 5.56 Å². The molecule has 3 rings (SSSR count). The van der Waals surface area contributed by atoms with Crippen LogP contribution >= 0.6 is 0 Å². The molecule has 0 atom stereocenters. The zero-order chi connectivity index (χ0) is 15.1. The Labute approximate surface area is 118 Å². The maximum absolute atomic E-state index is 13.8. The molecule has 3 aromatic carbocycles. The summed E-state index contributed by atoms with van der Waals surface area (Å²) in [5, 5.41) is 20.0. The number of carboxylic acids is 2. The lowest BCUT2D eigenvalue weighted by Crippen LogP contribution is -2.07. The maximum Gasteiger partial charge on any atom is 0.339 e. The molecule has 0 spiro atoms. The number of carbonyl (C=O) groups is 2. The normalized spacial score (nSPS) is 10.9. The first-order valence-electron chi connectivity index (χ1n) is 6.11. The lowest BCUT2D eigenvalue weighted by Gasteiger charge is -2.11. The number of fused-ring (bicyclic) bond motifs is 2. The molecule has 0 saturated heterocycles. The molecule has 0 aliphatic rings. The average Bonchev–Trinajstić information content (AvgIpc) is 2.44. The number of halogens is 1.